The lowest BCUT2D eigenvalue weighted by Crippen LogP contribution is -2.63. The standard InChI is InChI=1S/C26H28N2O4/c1-26(14-15-28(26)18-20-8-6-12-23(16-20)31-19-30-2)25(29)27-21-9-7-13-24(17-21)32-22-10-4-3-5-11-22/h3-13,16-17H,14-15,18-19H2,1-2H3,(H,27,29). The van der Waals surface area contributed by atoms with E-state index in [0.29, 0.717) is 18.0 Å². The van der Waals surface area contributed by atoms with Crippen LogP contribution in [0.2, 0.25) is 0 Å². The summed E-state index contributed by atoms with van der Waals surface area (Å²) < 4.78 is 16.4. The van der Waals surface area contributed by atoms with E-state index in [9.17, 15) is 4.79 Å². The quantitative estimate of drug-likeness (QED) is 0.479. The molecule has 0 bridgehead atoms. The van der Waals surface area contributed by atoms with Gasteiger partial charge in [-0.05, 0) is 55.3 Å². The summed E-state index contributed by atoms with van der Waals surface area (Å²) in [5.41, 5.74) is 1.24. The Labute approximate surface area is 188 Å². The average molecular weight is 433 g/mol. The molecule has 1 unspecified atom stereocenters. The second-order valence-corrected chi connectivity index (χ2v) is 8.04. The smallest absolute Gasteiger partial charge is 0.244 e. The number of likely N-dealkylation sites (tertiary alicyclic amines) is 1. The van der Waals surface area contributed by atoms with Crippen molar-refractivity contribution in [2.75, 3.05) is 25.8 Å². The van der Waals surface area contributed by atoms with E-state index in [-0.39, 0.29) is 12.7 Å². The summed E-state index contributed by atoms with van der Waals surface area (Å²) in [6.45, 7) is 3.73. The van der Waals surface area contributed by atoms with Crippen LogP contribution in [0.5, 0.6) is 17.2 Å². The van der Waals surface area contributed by atoms with Crippen molar-refractivity contribution in [1.82, 2.24) is 4.90 Å². The predicted octanol–water partition coefficient (Wildman–Crippen LogP) is 5.06. The molecule has 1 saturated heterocycles. The maximum Gasteiger partial charge on any atom is 0.244 e. The van der Waals surface area contributed by atoms with Crippen molar-refractivity contribution in [1.29, 1.82) is 0 Å². The normalized spacial score (nSPS) is 17.9. The zero-order valence-corrected chi connectivity index (χ0v) is 18.4. The second-order valence-electron chi connectivity index (χ2n) is 8.04. The SMILES string of the molecule is COCOc1cccc(CN2CCC2(C)C(=O)Nc2cccc(Oc3ccccc3)c2)c1. The van der Waals surface area contributed by atoms with Gasteiger partial charge in [0.15, 0.2) is 6.79 Å². The van der Waals surface area contributed by atoms with Crippen molar-refractivity contribution >= 4 is 11.6 Å². The Hall–Kier alpha value is -3.35. The Morgan fingerprint density at radius 1 is 0.969 bits per heavy atom. The van der Waals surface area contributed by atoms with Gasteiger partial charge in [0.05, 0.1) is 5.54 Å². The van der Waals surface area contributed by atoms with Crippen molar-refractivity contribution in [3.8, 4) is 17.2 Å². The van der Waals surface area contributed by atoms with Gasteiger partial charge >= 0.3 is 0 Å². The first-order valence-electron chi connectivity index (χ1n) is 10.7. The third kappa shape index (κ3) is 5.10. The molecule has 0 spiro atoms. The molecule has 0 radical (unpaired) electrons. The first-order valence-corrected chi connectivity index (χ1v) is 10.7. The van der Waals surface area contributed by atoms with E-state index < -0.39 is 5.54 Å². The minimum absolute atomic E-state index is 0.0209. The lowest BCUT2D eigenvalue weighted by Gasteiger charge is -2.49. The van der Waals surface area contributed by atoms with Gasteiger partial charge < -0.3 is 19.5 Å². The number of methoxy groups -OCH3 is 1. The number of benzene rings is 3. The fraction of sp³-hybridized carbons (Fsp3) is 0.269. The number of para-hydroxylation sites is 1. The average Bonchev–Trinajstić information content (AvgIpc) is 2.81. The van der Waals surface area contributed by atoms with Crippen LogP contribution in [0, 0.1) is 0 Å². The first kappa shape index (κ1) is 21.9. The van der Waals surface area contributed by atoms with Crippen LogP contribution in [0.25, 0.3) is 0 Å². The molecule has 1 heterocycles. The Kier molecular flexibility index (Phi) is 6.73. The summed E-state index contributed by atoms with van der Waals surface area (Å²) >= 11 is 0. The minimum Gasteiger partial charge on any atom is -0.468 e. The Bertz CT molecular complexity index is 1060. The lowest BCUT2D eigenvalue weighted by molar-refractivity contribution is -0.136. The molecule has 0 aliphatic carbocycles. The molecule has 0 saturated carbocycles. The van der Waals surface area contributed by atoms with E-state index in [1.165, 1.54) is 0 Å². The highest BCUT2D eigenvalue weighted by Crippen LogP contribution is 2.34. The summed E-state index contributed by atoms with van der Waals surface area (Å²) in [7, 11) is 1.59. The molecule has 6 heteroatoms. The van der Waals surface area contributed by atoms with E-state index in [1.54, 1.807) is 7.11 Å². The maximum atomic E-state index is 13.2. The highest BCUT2D eigenvalue weighted by molar-refractivity contribution is 5.98. The largest absolute Gasteiger partial charge is 0.468 e. The van der Waals surface area contributed by atoms with Crippen molar-refractivity contribution in [2.45, 2.75) is 25.4 Å². The number of amides is 1. The van der Waals surface area contributed by atoms with Gasteiger partial charge in [0.1, 0.15) is 17.2 Å². The second kappa shape index (κ2) is 9.85. The number of ether oxygens (including phenoxy) is 3. The van der Waals surface area contributed by atoms with Gasteiger partial charge in [0.25, 0.3) is 0 Å². The molecule has 1 aliphatic heterocycles. The number of carbonyl (C=O) groups excluding carboxylic acids is 1. The van der Waals surface area contributed by atoms with Crippen molar-refractivity contribution < 1.29 is 19.0 Å². The Morgan fingerprint density at radius 3 is 2.47 bits per heavy atom. The van der Waals surface area contributed by atoms with Gasteiger partial charge in [-0.25, -0.2) is 0 Å². The van der Waals surface area contributed by atoms with E-state index in [0.717, 1.165) is 30.0 Å². The van der Waals surface area contributed by atoms with Gasteiger partial charge in [0, 0.05) is 32.0 Å². The fourth-order valence-corrected chi connectivity index (χ4v) is 3.72. The first-order chi connectivity index (χ1) is 15.6. The number of nitrogens with zero attached hydrogens (tertiary/aromatic N) is 1. The molecule has 1 N–H and O–H groups in total. The number of hydrogen-bond acceptors (Lipinski definition) is 5. The summed E-state index contributed by atoms with van der Waals surface area (Å²) in [4.78, 5) is 15.3. The van der Waals surface area contributed by atoms with E-state index in [1.807, 2.05) is 85.8 Å². The summed E-state index contributed by atoms with van der Waals surface area (Å²) in [6.07, 6.45) is 0.804. The Balaban J connectivity index is 1.39. The maximum absolute atomic E-state index is 13.2. The molecule has 32 heavy (non-hydrogen) atoms. The topological polar surface area (TPSA) is 60.0 Å². The fourth-order valence-electron chi connectivity index (χ4n) is 3.72. The molecule has 3 aromatic rings. The number of rotatable bonds is 9. The number of carbonyl (C=O) groups is 1. The van der Waals surface area contributed by atoms with Crippen LogP contribution in [0.3, 0.4) is 0 Å². The molecule has 1 atom stereocenters. The van der Waals surface area contributed by atoms with Gasteiger partial charge in [-0.15, -0.1) is 0 Å². The zero-order valence-electron chi connectivity index (χ0n) is 18.4. The Morgan fingerprint density at radius 2 is 1.72 bits per heavy atom. The van der Waals surface area contributed by atoms with Crippen LogP contribution >= 0.6 is 0 Å². The van der Waals surface area contributed by atoms with Crippen LogP contribution in [-0.4, -0.2) is 36.8 Å². The molecule has 1 aliphatic rings. The molecule has 0 aromatic heterocycles. The third-order valence-electron chi connectivity index (χ3n) is 5.74. The summed E-state index contributed by atoms with van der Waals surface area (Å²) in [6, 6.07) is 24.9. The zero-order chi connectivity index (χ0) is 22.4. The molecular formula is C26H28N2O4. The van der Waals surface area contributed by atoms with Crippen LogP contribution in [-0.2, 0) is 16.1 Å². The summed E-state index contributed by atoms with van der Waals surface area (Å²) in [5, 5.41) is 3.06. The monoisotopic (exact) mass is 432 g/mol. The lowest BCUT2D eigenvalue weighted by atomic mass is 9.85. The third-order valence-corrected chi connectivity index (χ3v) is 5.74. The summed E-state index contributed by atoms with van der Waals surface area (Å²) in [5.74, 6) is 2.17. The molecule has 1 fully saturated rings. The minimum atomic E-state index is -0.570. The van der Waals surface area contributed by atoms with Crippen LogP contribution in [0.4, 0.5) is 5.69 Å². The number of nitrogens with one attached hydrogen (secondary N) is 1. The van der Waals surface area contributed by atoms with E-state index in [4.69, 9.17) is 14.2 Å². The molecule has 3 aromatic carbocycles. The van der Waals surface area contributed by atoms with Gasteiger partial charge in [-0.3, -0.25) is 9.69 Å². The molecule has 166 valence electrons. The highest BCUT2D eigenvalue weighted by atomic mass is 16.7. The van der Waals surface area contributed by atoms with E-state index >= 15 is 0 Å². The van der Waals surface area contributed by atoms with Gasteiger partial charge in [-0.2, -0.15) is 0 Å². The molecule has 6 nitrogen and oxygen atoms in total. The molecule has 4 rings (SSSR count). The highest BCUT2D eigenvalue weighted by Gasteiger charge is 2.46. The van der Waals surface area contributed by atoms with Crippen LogP contribution in [0.1, 0.15) is 18.9 Å². The van der Waals surface area contributed by atoms with Crippen LogP contribution < -0.4 is 14.8 Å². The number of anilines is 1. The molecular weight excluding hydrogens is 404 g/mol. The van der Waals surface area contributed by atoms with Gasteiger partial charge in [0.2, 0.25) is 5.91 Å². The van der Waals surface area contributed by atoms with Crippen molar-refractivity contribution in [3.63, 3.8) is 0 Å². The number of hydrogen-bond donors (Lipinski definition) is 1. The van der Waals surface area contributed by atoms with Crippen LogP contribution in [0.15, 0.2) is 78.9 Å². The molecule has 1 amide bonds. The van der Waals surface area contributed by atoms with Crippen molar-refractivity contribution in [3.05, 3.63) is 84.4 Å². The van der Waals surface area contributed by atoms with E-state index in [2.05, 4.69) is 10.2 Å². The van der Waals surface area contributed by atoms with Crippen molar-refractivity contribution in [2.24, 2.45) is 0 Å². The predicted molar refractivity (Wildman–Crippen MR) is 124 cm³/mol. The van der Waals surface area contributed by atoms with Gasteiger partial charge in [-0.1, -0.05) is 36.4 Å².